The van der Waals surface area contributed by atoms with Gasteiger partial charge in [-0.3, -0.25) is 4.79 Å². The number of carbonyl (C=O) groups excluding carboxylic acids is 2. The standard InChI is InChI=1S/C14H17FN2O4/c1-21-14(20)12(18)8-16-10-2-3-11-9(6-10)7-13(19)17(11)5-4-15/h2-3,6,12,16,18H,4-5,7-8H2,1H3/t12-/m1/s1. The van der Waals surface area contributed by atoms with E-state index in [1.165, 1.54) is 12.0 Å². The number of benzene rings is 1. The van der Waals surface area contributed by atoms with E-state index in [-0.39, 0.29) is 25.4 Å². The number of amides is 1. The first-order valence-corrected chi connectivity index (χ1v) is 6.56. The Labute approximate surface area is 121 Å². The highest BCUT2D eigenvalue weighted by molar-refractivity contribution is 6.01. The molecule has 1 amide bonds. The number of rotatable bonds is 6. The van der Waals surface area contributed by atoms with Crippen molar-refractivity contribution >= 4 is 23.3 Å². The van der Waals surface area contributed by atoms with Gasteiger partial charge in [0.15, 0.2) is 6.10 Å². The maximum absolute atomic E-state index is 12.4. The first kappa shape index (κ1) is 15.2. The van der Waals surface area contributed by atoms with Crippen molar-refractivity contribution in [2.75, 3.05) is 37.1 Å². The molecule has 0 saturated heterocycles. The molecule has 0 bridgehead atoms. The van der Waals surface area contributed by atoms with Crippen LogP contribution in [0.1, 0.15) is 5.56 Å². The van der Waals surface area contributed by atoms with Gasteiger partial charge >= 0.3 is 5.97 Å². The summed E-state index contributed by atoms with van der Waals surface area (Å²) in [6.07, 6.45) is -1.03. The van der Waals surface area contributed by atoms with Gasteiger partial charge in [-0.1, -0.05) is 0 Å². The number of hydrogen-bond acceptors (Lipinski definition) is 5. The van der Waals surface area contributed by atoms with Crippen molar-refractivity contribution in [3.63, 3.8) is 0 Å². The van der Waals surface area contributed by atoms with E-state index >= 15 is 0 Å². The minimum Gasteiger partial charge on any atom is -0.467 e. The second-order valence-electron chi connectivity index (χ2n) is 4.67. The van der Waals surface area contributed by atoms with E-state index in [0.29, 0.717) is 11.4 Å². The number of fused-ring (bicyclic) bond motifs is 1. The van der Waals surface area contributed by atoms with Gasteiger partial charge in [-0.2, -0.15) is 0 Å². The Morgan fingerprint density at radius 3 is 3.00 bits per heavy atom. The molecule has 2 N–H and O–H groups in total. The number of ether oxygens (including phenoxy) is 1. The van der Waals surface area contributed by atoms with Crippen molar-refractivity contribution in [2.24, 2.45) is 0 Å². The van der Waals surface area contributed by atoms with Gasteiger partial charge in [0.05, 0.1) is 26.6 Å². The molecule has 7 heteroatoms. The van der Waals surface area contributed by atoms with E-state index in [1.807, 2.05) is 0 Å². The van der Waals surface area contributed by atoms with Crippen LogP contribution in [0.15, 0.2) is 18.2 Å². The maximum Gasteiger partial charge on any atom is 0.336 e. The van der Waals surface area contributed by atoms with Crippen molar-refractivity contribution in [1.82, 2.24) is 0 Å². The largest absolute Gasteiger partial charge is 0.467 e. The fraction of sp³-hybridized carbons (Fsp3) is 0.429. The molecular formula is C14H17FN2O4. The predicted molar refractivity (Wildman–Crippen MR) is 75.0 cm³/mol. The molecule has 114 valence electrons. The van der Waals surface area contributed by atoms with Crippen LogP contribution in [0.2, 0.25) is 0 Å². The minimum atomic E-state index is -1.26. The molecule has 1 aromatic carbocycles. The smallest absolute Gasteiger partial charge is 0.336 e. The number of hydrogen-bond donors (Lipinski definition) is 2. The molecule has 1 aliphatic rings. The van der Waals surface area contributed by atoms with Gasteiger partial charge in [-0.05, 0) is 23.8 Å². The van der Waals surface area contributed by atoms with Crippen LogP contribution in [0.4, 0.5) is 15.8 Å². The Morgan fingerprint density at radius 1 is 1.57 bits per heavy atom. The lowest BCUT2D eigenvalue weighted by molar-refractivity contribution is -0.149. The van der Waals surface area contributed by atoms with Crippen molar-refractivity contribution in [3.05, 3.63) is 23.8 Å². The average molecular weight is 296 g/mol. The van der Waals surface area contributed by atoms with E-state index in [2.05, 4.69) is 10.1 Å². The molecule has 1 aromatic rings. The first-order chi connectivity index (χ1) is 10.1. The van der Waals surface area contributed by atoms with Crippen molar-refractivity contribution in [3.8, 4) is 0 Å². The van der Waals surface area contributed by atoms with E-state index in [1.54, 1.807) is 18.2 Å². The maximum atomic E-state index is 12.4. The molecule has 0 aromatic heterocycles. The van der Waals surface area contributed by atoms with Gasteiger partial charge in [0.25, 0.3) is 0 Å². The number of esters is 1. The van der Waals surface area contributed by atoms with E-state index in [0.717, 1.165) is 5.56 Å². The summed E-state index contributed by atoms with van der Waals surface area (Å²) in [4.78, 5) is 24.3. The summed E-state index contributed by atoms with van der Waals surface area (Å²) in [6.45, 7) is -0.524. The molecule has 0 aliphatic carbocycles. The Kier molecular flexibility index (Phi) is 4.74. The van der Waals surface area contributed by atoms with Crippen LogP contribution in [0.5, 0.6) is 0 Å². The lowest BCUT2D eigenvalue weighted by atomic mass is 10.1. The predicted octanol–water partition coefficient (Wildman–Crippen LogP) is 0.491. The zero-order chi connectivity index (χ0) is 15.4. The monoisotopic (exact) mass is 296 g/mol. The van der Waals surface area contributed by atoms with Gasteiger partial charge < -0.3 is 20.1 Å². The molecule has 0 radical (unpaired) electrons. The minimum absolute atomic E-state index is 0.00754. The second-order valence-corrected chi connectivity index (χ2v) is 4.67. The number of methoxy groups -OCH3 is 1. The van der Waals surface area contributed by atoms with Crippen molar-refractivity contribution in [1.29, 1.82) is 0 Å². The zero-order valence-electron chi connectivity index (χ0n) is 11.6. The quantitative estimate of drug-likeness (QED) is 0.747. The summed E-state index contributed by atoms with van der Waals surface area (Å²) in [7, 11) is 1.20. The summed E-state index contributed by atoms with van der Waals surface area (Å²) in [5.41, 5.74) is 2.18. The SMILES string of the molecule is COC(=O)[C@H](O)CNc1ccc2c(c1)CC(=O)N2CCF. The topological polar surface area (TPSA) is 78.9 Å². The number of carbonyl (C=O) groups is 2. The molecule has 1 aliphatic heterocycles. The first-order valence-electron chi connectivity index (χ1n) is 6.56. The fourth-order valence-electron chi connectivity index (χ4n) is 2.26. The third-order valence-electron chi connectivity index (χ3n) is 3.29. The molecule has 6 nitrogen and oxygen atoms in total. The number of nitrogens with one attached hydrogen (secondary N) is 1. The van der Waals surface area contributed by atoms with Crippen molar-refractivity contribution in [2.45, 2.75) is 12.5 Å². The molecule has 1 heterocycles. The zero-order valence-corrected chi connectivity index (χ0v) is 11.6. The summed E-state index contributed by atoms with van der Waals surface area (Å²) in [5, 5.41) is 12.4. The number of aliphatic hydroxyl groups excluding tert-OH is 1. The highest BCUT2D eigenvalue weighted by atomic mass is 19.1. The highest BCUT2D eigenvalue weighted by Crippen LogP contribution is 2.31. The molecule has 0 saturated carbocycles. The Hall–Kier alpha value is -2.15. The summed E-state index contributed by atoms with van der Waals surface area (Å²) in [5.74, 6) is -0.845. The third-order valence-corrected chi connectivity index (χ3v) is 3.29. The summed E-state index contributed by atoms with van der Waals surface area (Å²) < 4.78 is 16.8. The van der Waals surface area contributed by atoms with E-state index < -0.39 is 18.7 Å². The van der Waals surface area contributed by atoms with Crippen LogP contribution in [0.25, 0.3) is 0 Å². The summed E-state index contributed by atoms with van der Waals surface area (Å²) >= 11 is 0. The van der Waals surface area contributed by atoms with Gasteiger partial charge in [0, 0.05) is 11.4 Å². The lowest BCUT2D eigenvalue weighted by Crippen LogP contribution is -2.29. The average Bonchev–Trinajstić information content (AvgIpc) is 2.79. The number of alkyl halides is 1. The normalized spacial score (nSPS) is 14.8. The molecule has 1 atom stereocenters. The number of nitrogens with zero attached hydrogens (tertiary/aromatic N) is 1. The third kappa shape index (κ3) is 3.30. The van der Waals surface area contributed by atoms with Crippen LogP contribution in [-0.4, -0.2) is 50.0 Å². The molecule has 0 fully saturated rings. The Morgan fingerprint density at radius 2 is 2.33 bits per heavy atom. The second kappa shape index (κ2) is 6.53. The van der Waals surface area contributed by atoms with E-state index in [9.17, 15) is 19.1 Å². The van der Waals surface area contributed by atoms with Crippen molar-refractivity contribution < 1.29 is 23.8 Å². The Balaban J connectivity index is 2.04. The van der Waals surface area contributed by atoms with Gasteiger partial charge in [0.2, 0.25) is 5.91 Å². The van der Waals surface area contributed by atoms with Crippen LogP contribution >= 0.6 is 0 Å². The molecule has 0 unspecified atom stereocenters. The molecule has 2 rings (SSSR count). The number of aliphatic hydroxyl groups is 1. The van der Waals surface area contributed by atoms with E-state index in [4.69, 9.17) is 0 Å². The fourth-order valence-corrected chi connectivity index (χ4v) is 2.26. The lowest BCUT2D eigenvalue weighted by Gasteiger charge is -2.16. The summed E-state index contributed by atoms with van der Waals surface area (Å²) in [6, 6.07) is 5.20. The molecular weight excluding hydrogens is 279 g/mol. The number of anilines is 2. The van der Waals surface area contributed by atoms with Gasteiger partial charge in [-0.25, -0.2) is 9.18 Å². The van der Waals surface area contributed by atoms with Gasteiger partial charge in [-0.15, -0.1) is 0 Å². The molecule has 0 spiro atoms. The Bertz CT molecular complexity index is 550. The van der Waals surface area contributed by atoms with Crippen LogP contribution < -0.4 is 10.2 Å². The molecule has 21 heavy (non-hydrogen) atoms. The van der Waals surface area contributed by atoms with Crippen LogP contribution in [-0.2, 0) is 20.7 Å². The van der Waals surface area contributed by atoms with Crippen LogP contribution in [0, 0.1) is 0 Å². The van der Waals surface area contributed by atoms with Gasteiger partial charge in [0.1, 0.15) is 6.67 Å². The number of halogens is 1. The highest BCUT2D eigenvalue weighted by Gasteiger charge is 2.27. The van der Waals surface area contributed by atoms with Crippen LogP contribution in [0.3, 0.4) is 0 Å².